The van der Waals surface area contributed by atoms with Crippen molar-refractivity contribution < 1.29 is 19.1 Å². The Kier molecular flexibility index (Phi) is 6.87. The molecule has 2 aliphatic rings. The topological polar surface area (TPSA) is 67.9 Å². The Balaban J connectivity index is 1.30. The highest BCUT2D eigenvalue weighted by Gasteiger charge is 2.24. The first kappa shape index (κ1) is 21.4. The Bertz CT molecular complexity index is 904. The van der Waals surface area contributed by atoms with E-state index in [9.17, 15) is 9.59 Å². The van der Waals surface area contributed by atoms with E-state index in [-0.39, 0.29) is 30.6 Å². The summed E-state index contributed by atoms with van der Waals surface area (Å²) in [6.07, 6.45) is 4.79. The van der Waals surface area contributed by atoms with Crippen molar-refractivity contribution in [3.8, 4) is 5.75 Å². The molecule has 1 saturated heterocycles. The van der Waals surface area contributed by atoms with Crippen molar-refractivity contribution in [2.24, 2.45) is 0 Å². The molecular weight excluding hydrogens is 392 g/mol. The van der Waals surface area contributed by atoms with Gasteiger partial charge >= 0.3 is 0 Å². The fourth-order valence-corrected chi connectivity index (χ4v) is 4.46. The molecule has 0 spiro atoms. The van der Waals surface area contributed by atoms with E-state index in [1.807, 2.05) is 35.2 Å². The molecule has 1 N–H and O–H groups in total. The molecule has 4 rings (SSSR count). The Morgan fingerprint density at radius 3 is 2.52 bits per heavy atom. The van der Waals surface area contributed by atoms with E-state index in [4.69, 9.17) is 9.47 Å². The molecule has 1 heterocycles. The van der Waals surface area contributed by atoms with Gasteiger partial charge in [0.25, 0.3) is 5.91 Å². The molecular formula is C25H30N2O4. The number of hydrogen-bond acceptors (Lipinski definition) is 4. The molecule has 6 nitrogen and oxygen atoms in total. The smallest absolute Gasteiger partial charge is 0.251 e. The van der Waals surface area contributed by atoms with Crippen LogP contribution in [0.3, 0.4) is 0 Å². The molecule has 2 aromatic carbocycles. The van der Waals surface area contributed by atoms with E-state index >= 15 is 0 Å². The van der Waals surface area contributed by atoms with Gasteiger partial charge in [-0.1, -0.05) is 24.3 Å². The fraction of sp³-hybridized carbons (Fsp3) is 0.440. The summed E-state index contributed by atoms with van der Waals surface area (Å²) < 4.78 is 11.0. The van der Waals surface area contributed by atoms with Crippen LogP contribution >= 0.6 is 0 Å². The summed E-state index contributed by atoms with van der Waals surface area (Å²) in [7, 11) is 1.53. The summed E-state index contributed by atoms with van der Waals surface area (Å²) >= 11 is 0. The number of aryl methyl sites for hydroxylation is 1. The average Bonchev–Trinajstić information content (AvgIpc) is 2.80. The first-order valence-corrected chi connectivity index (χ1v) is 11.1. The van der Waals surface area contributed by atoms with Crippen LogP contribution < -0.4 is 10.1 Å². The van der Waals surface area contributed by atoms with E-state index in [2.05, 4.69) is 23.5 Å². The molecule has 1 fully saturated rings. The van der Waals surface area contributed by atoms with Gasteiger partial charge in [-0.25, -0.2) is 0 Å². The van der Waals surface area contributed by atoms with Crippen LogP contribution in [0.15, 0.2) is 48.5 Å². The number of fused-ring (bicyclic) bond motifs is 1. The maximum Gasteiger partial charge on any atom is 0.251 e. The van der Waals surface area contributed by atoms with Gasteiger partial charge in [0.2, 0.25) is 5.91 Å². The summed E-state index contributed by atoms with van der Waals surface area (Å²) in [6, 6.07) is 15.8. The van der Waals surface area contributed by atoms with Crippen molar-refractivity contribution in [3.63, 3.8) is 0 Å². The number of benzene rings is 2. The zero-order valence-corrected chi connectivity index (χ0v) is 18.0. The van der Waals surface area contributed by atoms with Crippen molar-refractivity contribution in [1.82, 2.24) is 10.2 Å². The van der Waals surface area contributed by atoms with Crippen LogP contribution in [0.4, 0.5) is 0 Å². The van der Waals surface area contributed by atoms with Gasteiger partial charge in [0.15, 0.2) is 0 Å². The third-order valence-corrected chi connectivity index (χ3v) is 6.16. The molecule has 31 heavy (non-hydrogen) atoms. The molecule has 0 bridgehead atoms. The first-order chi connectivity index (χ1) is 15.1. The number of hydrogen-bond donors (Lipinski definition) is 1. The summed E-state index contributed by atoms with van der Waals surface area (Å²) in [5, 5.41) is 3.19. The zero-order valence-electron chi connectivity index (χ0n) is 18.0. The normalized spacial score (nSPS) is 18.9. The number of methoxy groups -OCH3 is 1. The Labute approximate surface area is 183 Å². The number of piperidine rings is 1. The fourth-order valence-electron chi connectivity index (χ4n) is 4.46. The van der Waals surface area contributed by atoms with Crippen LogP contribution in [0.5, 0.6) is 5.75 Å². The van der Waals surface area contributed by atoms with Gasteiger partial charge in [0.05, 0.1) is 6.04 Å². The number of nitrogens with one attached hydrogen (secondary N) is 1. The molecule has 164 valence electrons. The molecule has 2 amide bonds. The standard InChI is InChI=1S/C25H30N2O4/c1-30-17-24(28)27-15-13-21(14-16-27)31-20-11-9-19(10-12-20)25(29)26-23-8-4-6-18-5-2-3-7-22(18)23/h2-3,5,7,9-12,21,23H,4,6,8,13-17H2,1H3,(H,26,29)/t23-/m0/s1. The third-order valence-electron chi connectivity index (χ3n) is 6.16. The first-order valence-electron chi connectivity index (χ1n) is 11.1. The summed E-state index contributed by atoms with van der Waals surface area (Å²) in [5.74, 6) is 0.719. The number of amides is 2. The quantitative estimate of drug-likeness (QED) is 0.774. The minimum absolute atomic E-state index is 0.0249. The van der Waals surface area contributed by atoms with Gasteiger partial charge in [-0.05, 0) is 54.7 Å². The van der Waals surface area contributed by atoms with E-state index in [1.54, 1.807) is 0 Å². The predicted molar refractivity (Wildman–Crippen MR) is 118 cm³/mol. The Morgan fingerprint density at radius 2 is 1.77 bits per heavy atom. The largest absolute Gasteiger partial charge is 0.490 e. The number of rotatable bonds is 6. The van der Waals surface area contributed by atoms with E-state index < -0.39 is 0 Å². The van der Waals surface area contributed by atoms with Crippen LogP contribution in [-0.4, -0.2) is 49.6 Å². The second-order valence-corrected chi connectivity index (χ2v) is 8.27. The highest BCUT2D eigenvalue weighted by Crippen LogP contribution is 2.29. The lowest BCUT2D eigenvalue weighted by atomic mass is 9.87. The monoisotopic (exact) mass is 422 g/mol. The van der Waals surface area contributed by atoms with Gasteiger partial charge in [0, 0.05) is 38.6 Å². The molecule has 0 radical (unpaired) electrons. The lowest BCUT2D eigenvalue weighted by Gasteiger charge is -2.32. The summed E-state index contributed by atoms with van der Waals surface area (Å²) in [6.45, 7) is 1.48. The van der Waals surface area contributed by atoms with Crippen LogP contribution in [0.2, 0.25) is 0 Å². The van der Waals surface area contributed by atoms with Gasteiger partial charge in [-0.15, -0.1) is 0 Å². The van der Waals surface area contributed by atoms with Gasteiger partial charge in [0.1, 0.15) is 18.5 Å². The van der Waals surface area contributed by atoms with Crippen molar-refractivity contribution in [2.75, 3.05) is 26.8 Å². The second kappa shape index (κ2) is 9.96. The average molecular weight is 423 g/mol. The number of carbonyl (C=O) groups is 2. The van der Waals surface area contributed by atoms with E-state index in [0.717, 1.165) is 37.9 Å². The number of likely N-dealkylation sites (tertiary alicyclic amines) is 1. The van der Waals surface area contributed by atoms with E-state index in [1.165, 1.54) is 18.2 Å². The zero-order chi connectivity index (χ0) is 21.6. The van der Waals surface area contributed by atoms with Crippen LogP contribution in [0.25, 0.3) is 0 Å². The number of nitrogens with zero attached hydrogens (tertiary/aromatic N) is 1. The summed E-state index contributed by atoms with van der Waals surface area (Å²) in [4.78, 5) is 26.5. The minimum atomic E-state index is -0.0572. The highest BCUT2D eigenvalue weighted by atomic mass is 16.5. The van der Waals surface area contributed by atoms with Crippen LogP contribution in [-0.2, 0) is 16.0 Å². The second-order valence-electron chi connectivity index (χ2n) is 8.27. The molecule has 1 aliphatic carbocycles. The van der Waals surface area contributed by atoms with Gasteiger partial charge < -0.3 is 19.7 Å². The lowest BCUT2D eigenvalue weighted by Crippen LogP contribution is -2.43. The molecule has 1 aliphatic heterocycles. The molecule has 6 heteroatoms. The third kappa shape index (κ3) is 5.25. The van der Waals surface area contributed by atoms with Crippen molar-refractivity contribution in [1.29, 1.82) is 0 Å². The Hall–Kier alpha value is -2.86. The SMILES string of the molecule is COCC(=O)N1CCC(Oc2ccc(C(=O)N[C@H]3CCCc4ccccc43)cc2)CC1. The maximum atomic E-state index is 12.8. The maximum absolute atomic E-state index is 12.8. The number of carbonyl (C=O) groups excluding carboxylic acids is 2. The predicted octanol–water partition coefficient (Wildman–Crippen LogP) is 3.51. The summed E-state index contributed by atoms with van der Waals surface area (Å²) in [5.41, 5.74) is 3.20. The van der Waals surface area contributed by atoms with Gasteiger partial charge in [-0.2, -0.15) is 0 Å². The minimum Gasteiger partial charge on any atom is -0.490 e. The van der Waals surface area contributed by atoms with Crippen molar-refractivity contribution in [3.05, 3.63) is 65.2 Å². The number of ether oxygens (including phenoxy) is 2. The lowest BCUT2D eigenvalue weighted by molar-refractivity contribution is -0.136. The van der Waals surface area contributed by atoms with Crippen molar-refractivity contribution in [2.45, 2.75) is 44.2 Å². The van der Waals surface area contributed by atoms with Gasteiger partial charge in [-0.3, -0.25) is 9.59 Å². The molecule has 0 unspecified atom stereocenters. The molecule has 2 aromatic rings. The van der Waals surface area contributed by atoms with E-state index in [0.29, 0.717) is 18.7 Å². The molecule has 0 aromatic heterocycles. The van der Waals surface area contributed by atoms with Crippen LogP contribution in [0, 0.1) is 0 Å². The Morgan fingerprint density at radius 1 is 1.03 bits per heavy atom. The highest BCUT2D eigenvalue weighted by molar-refractivity contribution is 5.94. The molecule has 0 saturated carbocycles. The molecule has 1 atom stereocenters. The van der Waals surface area contributed by atoms with Crippen molar-refractivity contribution >= 4 is 11.8 Å². The van der Waals surface area contributed by atoms with Crippen LogP contribution in [0.1, 0.15) is 53.2 Å².